The average molecular weight is 571 g/mol. The molecule has 39 heavy (non-hydrogen) atoms. The zero-order valence-electron chi connectivity index (χ0n) is 21.5. The second-order valence-electron chi connectivity index (χ2n) is 10.6. The lowest BCUT2D eigenvalue weighted by atomic mass is 9.82. The van der Waals surface area contributed by atoms with E-state index < -0.39 is 18.2 Å². The highest BCUT2D eigenvalue weighted by Crippen LogP contribution is 2.46. The molecule has 0 amide bonds. The molecule has 1 aliphatic heterocycles. The molecule has 4 N–H and O–H groups in total. The van der Waals surface area contributed by atoms with Crippen LogP contribution in [-0.2, 0) is 6.42 Å². The first-order valence-corrected chi connectivity index (χ1v) is 14.7. The average Bonchev–Trinajstić information content (AvgIpc) is 3.62. The largest absolute Gasteiger partial charge is 0.390 e. The van der Waals surface area contributed by atoms with Crippen molar-refractivity contribution < 1.29 is 14.6 Å². The molecule has 11 heteroatoms. The van der Waals surface area contributed by atoms with Gasteiger partial charge in [0.15, 0.2) is 0 Å². The van der Waals surface area contributed by atoms with Crippen LogP contribution in [0.25, 0.3) is 21.6 Å². The Balaban J connectivity index is 1.32. The number of aromatic nitrogens is 4. The Bertz CT molecular complexity index is 1440. The summed E-state index contributed by atoms with van der Waals surface area (Å²) < 4.78 is 14.7. The van der Waals surface area contributed by atoms with E-state index in [4.69, 9.17) is 22.3 Å². The number of nitrogens with zero attached hydrogens (tertiary/aromatic N) is 5. The van der Waals surface area contributed by atoms with Crippen LogP contribution in [0.4, 0.5) is 10.2 Å². The van der Waals surface area contributed by atoms with Gasteiger partial charge in [0.1, 0.15) is 29.3 Å². The van der Waals surface area contributed by atoms with Gasteiger partial charge in [0, 0.05) is 30.1 Å². The van der Waals surface area contributed by atoms with E-state index in [9.17, 15) is 14.6 Å². The molecule has 1 saturated carbocycles. The molecule has 2 fully saturated rings. The molecule has 4 heterocycles. The molecule has 0 spiro atoms. The van der Waals surface area contributed by atoms with Gasteiger partial charge >= 0.3 is 0 Å². The monoisotopic (exact) mass is 570 g/mol. The van der Waals surface area contributed by atoms with Crippen LogP contribution in [0, 0.1) is 11.8 Å². The maximum Gasteiger partial charge on any atom is 0.226 e. The molecular weight excluding hydrogens is 539 g/mol. The number of hydrogen-bond acceptors (Lipinski definition) is 8. The van der Waals surface area contributed by atoms with Crippen molar-refractivity contribution in [2.24, 2.45) is 11.8 Å². The molecule has 1 unspecified atom stereocenters. The minimum absolute atomic E-state index is 0.0274. The number of nitrogens with two attached hydrogens (primary N) is 1. The van der Waals surface area contributed by atoms with Crippen LogP contribution in [0.1, 0.15) is 36.6 Å². The van der Waals surface area contributed by atoms with Gasteiger partial charge in [0.2, 0.25) is 5.28 Å². The number of rotatable bonds is 7. The van der Waals surface area contributed by atoms with E-state index >= 15 is 0 Å². The van der Waals surface area contributed by atoms with Crippen LogP contribution in [0.2, 0.25) is 5.28 Å². The van der Waals surface area contributed by atoms with Crippen LogP contribution in [0.5, 0.6) is 0 Å². The van der Waals surface area contributed by atoms with Crippen molar-refractivity contribution in [2.75, 3.05) is 32.0 Å². The zero-order valence-corrected chi connectivity index (χ0v) is 23.0. The molecule has 2 aliphatic rings. The molecule has 0 bridgehead atoms. The summed E-state index contributed by atoms with van der Waals surface area (Å²) in [4.78, 5) is 15.7. The molecule has 8 nitrogen and oxygen atoms in total. The Morgan fingerprint density at radius 3 is 2.59 bits per heavy atom. The van der Waals surface area contributed by atoms with E-state index in [2.05, 4.69) is 27.0 Å². The first-order chi connectivity index (χ1) is 18.9. The summed E-state index contributed by atoms with van der Waals surface area (Å²) in [5, 5.41) is 25.9. The van der Waals surface area contributed by atoms with Crippen molar-refractivity contribution in [3.8, 4) is 10.6 Å². The second kappa shape index (κ2) is 11.1. The fourth-order valence-corrected chi connectivity index (χ4v) is 7.40. The van der Waals surface area contributed by atoms with Crippen molar-refractivity contribution >= 4 is 39.8 Å². The van der Waals surface area contributed by atoms with Gasteiger partial charge in [0.05, 0.1) is 23.2 Å². The predicted molar refractivity (Wildman–Crippen MR) is 152 cm³/mol. The lowest BCUT2D eigenvalue weighted by molar-refractivity contribution is -0.0124. The highest BCUT2D eigenvalue weighted by Gasteiger charge is 2.46. The number of thiazole rings is 1. The Hall–Kier alpha value is -2.63. The summed E-state index contributed by atoms with van der Waals surface area (Å²) in [5.41, 5.74) is 9.80. The van der Waals surface area contributed by atoms with E-state index in [1.807, 2.05) is 34.3 Å². The quantitative estimate of drug-likeness (QED) is 0.283. The molecule has 206 valence electrons. The summed E-state index contributed by atoms with van der Waals surface area (Å²) in [7, 11) is 0. The number of alkyl halides is 1. The number of fused-ring (bicyclic) bond motifs is 1. The molecule has 1 saturated heterocycles. The molecule has 0 radical (unpaired) electrons. The maximum absolute atomic E-state index is 12.8. The molecule has 1 aromatic carbocycles. The van der Waals surface area contributed by atoms with Crippen LogP contribution in [0.3, 0.4) is 0 Å². The van der Waals surface area contributed by atoms with Crippen LogP contribution >= 0.6 is 22.9 Å². The van der Waals surface area contributed by atoms with E-state index in [1.165, 1.54) is 16.9 Å². The van der Waals surface area contributed by atoms with Crippen LogP contribution in [0.15, 0.2) is 41.9 Å². The third-order valence-corrected chi connectivity index (χ3v) is 9.47. The molecule has 1 aliphatic carbocycles. The first-order valence-electron chi connectivity index (χ1n) is 13.4. The Morgan fingerprint density at radius 1 is 1.08 bits per heavy atom. The second-order valence-corrected chi connectivity index (χ2v) is 11.8. The number of aliphatic hydroxyl groups is 2. The molecular formula is C28H32ClFN6O2S. The van der Waals surface area contributed by atoms with E-state index in [-0.39, 0.29) is 29.6 Å². The zero-order chi connectivity index (χ0) is 27.1. The van der Waals surface area contributed by atoms with Gasteiger partial charge in [-0.3, -0.25) is 0 Å². The number of nitrogen functional groups attached to an aromatic ring is 1. The third kappa shape index (κ3) is 5.16. The Morgan fingerprint density at radius 2 is 1.85 bits per heavy atom. The van der Waals surface area contributed by atoms with Crippen LogP contribution < -0.4 is 5.73 Å². The Labute approximate surface area is 235 Å². The van der Waals surface area contributed by atoms with Crippen molar-refractivity contribution in [3.05, 3.63) is 58.4 Å². The summed E-state index contributed by atoms with van der Waals surface area (Å²) in [6.45, 7) is 1.73. The number of benzene rings is 1. The summed E-state index contributed by atoms with van der Waals surface area (Å²) in [6.07, 6.45) is 3.16. The predicted octanol–water partition coefficient (Wildman–Crippen LogP) is 4.35. The van der Waals surface area contributed by atoms with Crippen molar-refractivity contribution in [3.63, 3.8) is 0 Å². The number of aliphatic hydroxyl groups excluding tert-OH is 2. The molecule has 3 aromatic heterocycles. The summed E-state index contributed by atoms with van der Waals surface area (Å²) in [6, 6.07) is 9.77. The number of anilines is 1. The number of halogens is 2. The van der Waals surface area contributed by atoms with Gasteiger partial charge in [0.25, 0.3) is 0 Å². The van der Waals surface area contributed by atoms with E-state index in [1.54, 1.807) is 0 Å². The number of piperidine rings is 1. The van der Waals surface area contributed by atoms with Crippen LogP contribution in [-0.4, -0.2) is 73.1 Å². The fraction of sp³-hybridized carbons (Fsp3) is 0.464. The fourth-order valence-electron chi connectivity index (χ4n) is 6.39. The highest BCUT2D eigenvalue weighted by atomic mass is 35.5. The van der Waals surface area contributed by atoms with E-state index in [0.29, 0.717) is 30.4 Å². The minimum atomic E-state index is -0.970. The highest BCUT2D eigenvalue weighted by molar-refractivity contribution is 7.13. The SMILES string of the molecule is Nc1nc(Cl)nc2c1c(-c1nc(Cc3ccccc3)cs1)cn2[C@@H]1CC(C2CCN(CCF)CC2)[C@@H](O)[C@H]1O. The van der Waals surface area contributed by atoms with Gasteiger partial charge in [-0.25, -0.2) is 14.4 Å². The van der Waals surface area contributed by atoms with Gasteiger partial charge in [-0.1, -0.05) is 30.3 Å². The third-order valence-electron chi connectivity index (χ3n) is 8.38. The molecule has 4 aromatic rings. The molecule has 4 atom stereocenters. The number of likely N-dealkylation sites (tertiary alicyclic amines) is 1. The van der Waals surface area contributed by atoms with Gasteiger partial charge in [-0.2, -0.15) is 4.98 Å². The summed E-state index contributed by atoms with van der Waals surface area (Å²) >= 11 is 7.76. The normalized spacial score (nSPS) is 24.6. The minimum Gasteiger partial charge on any atom is -0.390 e. The van der Waals surface area contributed by atoms with Gasteiger partial charge in [-0.15, -0.1) is 11.3 Å². The Kier molecular flexibility index (Phi) is 7.56. The molecule has 6 rings (SSSR count). The van der Waals surface area contributed by atoms with Crippen molar-refractivity contribution in [1.29, 1.82) is 0 Å². The standard InChI is InChI=1S/C28H32ClFN6O2S/c29-28-33-25(31)22-20(27-32-18(15-39-27)12-16-4-2-1-3-5-16)14-36(26(22)34-28)21-13-19(23(37)24(21)38)17-6-9-35(10-7-17)11-8-30/h1-5,14-15,17,19,21,23-24,37-38H,6-13H2,(H2,31,33,34)/t19?,21-,23-,24+/m1/s1. The smallest absolute Gasteiger partial charge is 0.226 e. The van der Waals surface area contributed by atoms with Gasteiger partial charge < -0.3 is 25.4 Å². The lowest BCUT2D eigenvalue weighted by Gasteiger charge is -2.35. The van der Waals surface area contributed by atoms with Crippen molar-refractivity contribution in [2.45, 2.75) is 43.9 Å². The first kappa shape index (κ1) is 26.6. The van der Waals surface area contributed by atoms with Crippen molar-refractivity contribution in [1.82, 2.24) is 24.4 Å². The summed E-state index contributed by atoms with van der Waals surface area (Å²) in [5.74, 6) is 0.452. The van der Waals surface area contributed by atoms with Gasteiger partial charge in [-0.05, 0) is 61.4 Å². The van der Waals surface area contributed by atoms with E-state index in [0.717, 1.165) is 42.2 Å². The number of hydrogen-bond donors (Lipinski definition) is 3. The topological polar surface area (TPSA) is 113 Å². The maximum atomic E-state index is 12.8. The lowest BCUT2D eigenvalue weighted by Crippen LogP contribution is -2.40.